The highest BCUT2D eigenvalue weighted by Gasteiger charge is 2.11. The lowest BCUT2D eigenvalue weighted by Gasteiger charge is -2.09. The molecule has 1 rings (SSSR count). The molecule has 1 aromatic rings. The molecule has 1 aromatic carbocycles. The second kappa shape index (κ2) is 7.77. The summed E-state index contributed by atoms with van der Waals surface area (Å²) >= 11 is 9.33. The van der Waals surface area contributed by atoms with Crippen LogP contribution in [0.4, 0.5) is 0 Å². The molecular formula is C13H17BrClNO2. The first-order chi connectivity index (χ1) is 8.52. The van der Waals surface area contributed by atoms with Gasteiger partial charge in [-0.2, -0.15) is 0 Å². The van der Waals surface area contributed by atoms with E-state index in [1.54, 1.807) is 18.2 Å². The molecule has 1 amide bonds. The second-order valence-corrected chi connectivity index (χ2v) is 5.36. The number of benzene rings is 1. The zero-order valence-electron chi connectivity index (χ0n) is 10.5. The number of hydrogen-bond donors (Lipinski definition) is 1. The van der Waals surface area contributed by atoms with Crippen molar-refractivity contribution < 1.29 is 9.53 Å². The Balaban J connectivity index is 2.39. The summed E-state index contributed by atoms with van der Waals surface area (Å²) in [6, 6.07) is 5.29. The van der Waals surface area contributed by atoms with Gasteiger partial charge in [0.2, 0.25) is 0 Å². The molecule has 18 heavy (non-hydrogen) atoms. The van der Waals surface area contributed by atoms with Crippen LogP contribution in [-0.2, 0) is 4.74 Å². The van der Waals surface area contributed by atoms with E-state index < -0.39 is 0 Å². The Bertz CT molecular complexity index is 410. The lowest BCUT2D eigenvalue weighted by atomic mass is 10.2. The van der Waals surface area contributed by atoms with Gasteiger partial charge in [0, 0.05) is 17.6 Å². The Kier molecular flexibility index (Phi) is 6.68. The first-order valence-corrected chi connectivity index (χ1v) is 7.03. The predicted octanol–water partition coefficient (Wildman–Crippen LogP) is 3.65. The third kappa shape index (κ3) is 4.96. The topological polar surface area (TPSA) is 38.3 Å². The Morgan fingerprint density at radius 2 is 2.22 bits per heavy atom. The molecule has 1 N–H and O–H groups in total. The van der Waals surface area contributed by atoms with E-state index in [4.69, 9.17) is 16.3 Å². The molecule has 0 radical (unpaired) electrons. The second-order valence-electron chi connectivity index (χ2n) is 4.13. The van der Waals surface area contributed by atoms with Gasteiger partial charge in [-0.05, 0) is 48.3 Å². The molecule has 0 aromatic heterocycles. The van der Waals surface area contributed by atoms with E-state index in [0.717, 1.165) is 10.9 Å². The van der Waals surface area contributed by atoms with Crippen LogP contribution in [0.15, 0.2) is 22.7 Å². The first-order valence-electron chi connectivity index (χ1n) is 5.86. The van der Waals surface area contributed by atoms with E-state index in [-0.39, 0.29) is 12.0 Å². The average molecular weight is 335 g/mol. The lowest BCUT2D eigenvalue weighted by molar-refractivity contribution is 0.0757. The summed E-state index contributed by atoms with van der Waals surface area (Å²) in [5, 5.41) is 3.25. The molecule has 0 aliphatic heterocycles. The first kappa shape index (κ1) is 15.5. The SMILES string of the molecule is CC(C)OCCCNC(=O)c1cccc(Br)c1Cl. The molecule has 0 heterocycles. The van der Waals surface area contributed by atoms with Crippen molar-refractivity contribution in [1.29, 1.82) is 0 Å². The van der Waals surface area contributed by atoms with Gasteiger partial charge in [0.1, 0.15) is 0 Å². The van der Waals surface area contributed by atoms with Crippen LogP contribution in [-0.4, -0.2) is 25.2 Å². The molecule has 0 saturated heterocycles. The summed E-state index contributed by atoms with van der Waals surface area (Å²) in [6.45, 7) is 5.19. The van der Waals surface area contributed by atoms with Gasteiger partial charge in [0.25, 0.3) is 5.91 Å². The summed E-state index contributed by atoms with van der Waals surface area (Å²) in [5.41, 5.74) is 0.482. The number of carbonyl (C=O) groups is 1. The highest BCUT2D eigenvalue weighted by Crippen LogP contribution is 2.25. The van der Waals surface area contributed by atoms with E-state index >= 15 is 0 Å². The summed E-state index contributed by atoms with van der Waals surface area (Å²) in [5.74, 6) is -0.161. The van der Waals surface area contributed by atoms with E-state index in [1.165, 1.54) is 0 Å². The Hall–Kier alpha value is -0.580. The van der Waals surface area contributed by atoms with Crippen LogP contribution in [0, 0.1) is 0 Å². The standard InChI is InChI=1S/C13H17BrClNO2/c1-9(2)18-8-4-7-16-13(17)10-5-3-6-11(14)12(10)15/h3,5-6,9H,4,7-8H2,1-2H3,(H,16,17). The molecule has 0 aliphatic carbocycles. The van der Waals surface area contributed by atoms with Crippen molar-refractivity contribution in [2.24, 2.45) is 0 Å². The van der Waals surface area contributed by atoms with E-state index in [2.05, 4.69) is 21.2 Å². The molecule has 3 nitrogen and oxygen atoms in total. The Labute approximate surface area is 121 Å². The number of hydrogen-bond acceptors (Lipinski definition) is 2. The van der Waals surface area contributed by atoms with Gasteiger partial charge in [-0.3, -0.25) is 4.79 Å². The maximum absolute atomic E-state index is 11.9. The largest absolute Gasteiger partial charge is 0.379 e. The van der Waals surface area contributed by atoms with Crippen LogP contribution in [0.5, 0.6) is 0 Å². The van der Waals surface area contributed by atoms with Crippen molar-refractivity contribution in [2.75, 3.05) is 13.2 Å². The monoisotopic (exact) mass is 333 g/mol. The molecule has 0 atom stereocenters. The third-order valence-corrected chi connectivity index (χ3v) is 3.55. The zero-order valence-corrected chi connectivity index (χ0v) is 12.8. The number of halogens is 2. The minimum absolute atomic E-state index is 0.161. The summed E-state index contributed by atoms with van der Waals surface area (Å²) in [4.78, 5) is 11.9. The summed E-state index contributed by atoms with van der Waals surface area (Å²) in [6.07, 6.45) is 1.01. The van der Waals surface area contributed by atoms with Crippen molar-refractivity contribution in [3.05, 3.63) is 33.3 Å². The van der Waals surface area contributed by atoms with Crippen LogP contribution in [0.1, 0.15) is 30.6 Å². The fraction of sp³-hybridized carbons (Fsp3) is 0.462. The third-order valence-electron chi connectivity index (χ3n) is 2.25. The predicted molar refractivity (Wildman–Crippen MR) is 77.2 cm³/mol. The van der Waals surface area contributed by atoms with Crippen molar-refractivity contribution in [2.45, 2.75) is 26.4 Å². The molecule has 0 bridgehead atoms. The van der Waals surface area contributed by atoms with Gasteiger partial charge in [-0.25, -0.2) is 0 Å². The normalized spacial score (nSPS) is 10.7. The van der Waals surface area contributed by atoms with Gasteiger partial charge < -0.3 is 10.1 Å². The van der Waals surface area contributed by atoms with Gasteiger partial charge in [-0.1, -0.05) is 17.7 Å². The molecule has 0 aliphatic rings. The van der Waals surface area contributed by atoms with Gasteiger partial charge >= 0.3 is 0 Å². The zero-order chi connectivity index (χ0) is 13.5. The minimum atomic E-state index is -0.161. The fourth-order valence-electron chi connectivity index (χ4n) is 1.37. The minimum Gasteiger partial charge on any atom is -0.379 e. The van der Waals surface area contributed by atoms with Crippen molar-refractivity contribution in [3.8, 4) is 0 Å². The molecule has 0 fully saturated rings. The van der Waals surface area contributed by atoms with Crippen LogP contribution in [0.3, 0.4) is 0 Å². The quantitative estimate of drug-likeness (QED) is 0.807. The molecule has 0 unspecified atom stereocenters. The smallest absolute Gasteiger partial charge is 0.252 e. The van der Waals surface area contributed by atoms with E-state index in [9.17, 15) is 4.79 Å². The van der Waals surface area contributed by atoms with Crippen LogP contribution in [0.25, 0.3) is 0 Å². The molecule has 0 spiro atoms. The van der Waals surface area contributed by atoms with E-state index in [1.807, 2.05) is 13.8 Å². The van der Waals surface area contributed by atoms with Crippen molar-refractivity contribution in [1.82, 2.24) is 5.32 Å². The maximum atomic E-state index is 11.9. The number of amides is 1. The molecule has 100 valence electrons. The number of ether oxygens (including phenoxy) is 1. The maximum Gasteiger partial charge on any atom is 0.252 e. The highest BCUT2D eigenvalue weighted by molar-refractivity contribution is 9.10. The molecule has 5 heteroatoms. The highest BCUT2D eigenvalue weighted by atomic mass is 79.9. The lowest BCUT2D eigenvalue weighted by Crippen LogP contribution is -2.25. The van der Waals surface area contributed by atoms with Gasteiger partial charge in [0.15, 0.2) is 0 Å². The number of carbonyl (C=O) groups excluding carboxylic acids is 1. The van der Waals surface area contributed by atoms with Gasteiger partial charge in [-0.15, -0.1) is 0 Å². The van der Waals surface area contributed by atoms with Crippen LogP contribution >= 0.6 is 27.5 Å². The number of rotatable bonds is 6. The summed E-state index contributed by atoms with van der Waals surface area (Å²) in [7, 11) is 0. The van der Waals surface area contributed by atoms with Gasteiger partial charge in [0.05, 0.1) is 16.7 Å². The van der Waals surface area contributed by atoms with Crippen LogP contribution < -0.4 is 5.32 Å². The fourth-order valence-corrected chi connectivity index (χ4v) is 1.95. The summed E-state index contributed by atoms with van der Waals surface area (Å²) < 4.78 is 6.11. The van der Waals surface area contributed by atoms with E-state index in [0.29, 0.717) is 23.7 Å². The molecule has 0 saturated carbocycles. The van der Waals surface area contributed by atoms with Crippen molar-refractivity contribution in [3.63, 3.8) is 0 Å². The van der Waals surface area contributed by atoms with Crippen LogP contribution in [0.2, 0.25) is 5.02 Å². The Morgan fingerprint density at radius 1 is 1.50 bits per heavy atom. The number of nitrogens with one attached hydrogen (secondary N) is 1. The van der Waals surface area contributed by atoms with Crippen molar-refractivity contribution >= 4 is 33.4 Å². The average Bonchev–Trinajstić information content (AvgIpc) is 2.31. The molecular weight excluding hydrogens is 318 g/mol. The Morgan fingerprint density at radius 3 is 2.89 bits per heavy atom.